The van der Waals surface area contributed by atoms with Gasteiger partial charge in [-0.3, -0.25) is 0 Å². The zero-order valence-corrected chi connectivity index (χ0v) is 14.8. The van der Waals surface area contributed by atoms with E-state index < -0.39 is 0 Å². The Morgan fingerprint density at radius 3 is 2.68 bits per heavy atom. The fourth-order valence-corrected chi connectivity index (χ4v) is 2.90. The van der Waals surface area contributed by atoms with E-state index in [1.165, 1.54) is 6.33 Å². The van der Waals surface area contributed by atoms with Crippen molar-refractivity contribution in [3.63, 3.8) is 0 Å². The van der Waals surface area contributed by atoms with Crippen LogP contribution in [0.4, 0.5) is 11.5 Å². The highest BCUT2D eigenvalue weighted by atomic mass is 35.5. The highest BCUT2D eigenvalue weighted by Crippen LogP contribution is 2.29. The lowest BCUT2D eigenvalue weighted by atomic mass is 10.2. The van der Waals surface area contributed by atoms with Crippen molar-refractivity contribution in [1.29, 1.82) is 0 Å². The number of hydrogen-bond donors (Lipinski definition) is 1. The summed E-state index contributed by atoms with van der Waals surface area (Å²) in [4.78, 5) is 8.71. The average Bonchev–Trinajstić information content (AvgIpc) is 3.03. The molecule has 2 aromatic heterocycles. The largest absolute Gasteiger partial charge is 0.339 e. The van der Waals surface area contributed by atoms with Crippen molar-refractivity contribution in [3.8, 4) is 5.69 Å². The Labute approximate surface area is 154 Å². The Balaban J connectivity index is 1.77. The summed E-state index contributed by atoms with van der Waals surface area (Å²) in [7, 11) is 0. The molecule has 0 radical (unpaired) electrons. The lowest BCUT2D eigenvalue weighted by Crippen LogP contribution is -1.99. The van der Waals surface area contributed by atoms with Gasteiger partial charge in [-0.25, -0.2) is 14.6 Å². The van der Waals surface area contributed by atoms with Crippen LogP contribution in [0.25, 0.3) is 16.7 Å². The lowest BCUT2D eigenvalue weighted by molar-refractivity contribution is 0.894. The molecule has 4 aromatic rings. The smallest absolute Gasteiger partial charge is 0.168 e. The molecule has 1 N–H and O–H groups in total. The van der Waals surface area contributed by atoms with Gasteiger partial charge < -0.3 is 5.32 Å². The van der Waals surface area contributed by atoms with Gasteiger partial charge in [0.1, 0.15) is 12.1 Å². The van der Waals surface area contributed by atoms with Crippen LogP contribution >= 0.6 is 23.2 Å². The van der Waals surface area contributed by atoms with Crippen molar-refractivity contribution >= 4 is 45.7 Å². The second-order valence-electron chi connectivity index (χ2n) is 5.61. The van der Waals surface area contributed by atoms with Gasteiger partial charge in [0, 0.05) is 5.69 Å². The molecule has 0 aliphatic carbocycles. The Morgan fingerprint density at radius 2 is 1.88 bits per heavy atom. The Hall–Kier alpha value is -2.63. The first-order valence-corrected chi connectivity index (χ1v) is 8.35. The van der Waals surface area contributed by atoms with Crippen molar-refractivity contribution in [3.05, 3.63) is 70.6 Å². The molecule has 0 amide bonds. The first kappa shape index (κ1) is 15.9. The number of nitrogens with zero attached hydrogens (tertiary/aromatic N) is 4. The van der Waals surface area contributed by atoms with Crippen molar-refractivity contribution < 1.29 is 0 Å². The molecule has 2 heterocycles. The van der Waals surface area contributed by atoms with Crippen LogP contribution in [0.15, 0.2) is 55.0 Å². The molecule has 0 fully saturated rings. The summed E-state index contributed by atoms with van der Waals surface area (Å²) in [5.41, 5.74) is 3.62. The number of anilines is 2. The Morgan fingerprint density at radius 1 is 1.00 bits per heavy atom. The molecular formula is C18H13Cl2N5. The van der Waals surface area contributed by atoms with Crippen LogP contribution < -0.4 is 5.32 Å². The first-order valence-electron chi connectivity index (χ1n) is 7.60. The number of aromatic nitrogens is 4. The molecule has 7 heteroatoms. The zero-order chi connectivity index (χ0) is 17.4. The molecule has 2 aromatic carbocycles. The lowest BCUT2D eigenvalue weighted by Gasteiger charge is -2.08. The molecule has 25 heavy (non-hydrogen) atoms. The third-order valence-corrected chi connectivity index (χ3v) is 4.53. The molecular weight excluding hydrogens is 357 g/mol. The second-order valence-corrected chi connectivity index (χ2v) is 6.42. The SMILES string of the molecule is Cc1cccc(-n2ncc3c(Nc4ccc(Cl)c(Cl)c4)ncnc32)c1. The van der Waals surface area contributed by atoms with E-state index in [4.69, 9.17) is 23.2 Å². The third kappa shape index (κ3) is 3.04. The maximum Gasteiger partial charge on any atom is 0.168 e. The second kappa shape index (κ2) is 6.35. The first-order chi connectivity index (χ1) is 12.1. The van der Waals surface area contributed by atoms with Gasteiger partial charge in [-0.15, -0.1) is 0 Å². The van der Waals surface area contributed by atoms with Gasteiger partial charge in [0.05, 0.1) is 27.3 Å². The fourth-order valence-electron chi connectivity index (χ4n) is 2.60. The van der Waals surface area contributed by atoms with E-state index in [2.05, 4.69) is 26.4 Å². The van der Waals surface area contributed by atoms with Gasteiger partial charge in [-0.2, -0.15) is 5.10 Å². The minimum Gasteiger partial charge on any atom is -0.339 e. The van der Waals surface area contributed by atoms with Crippen LogP contribution in [0, 0.1) is 6.92 Å². The van der Waals surface area contributed by atoms with Crippen LogP contribution in [-0.4, -0.2) is 19.7 Å². The summed E-state index contributed by atoms with van der Waals surface area (Å²) in [6.07, 6.45) is 3.26. The summed E-state index contributed by atoms with van der Waals surface area (Å²) in [5, 5.41) is 9.51. The molecule has 124 valence electrons. The van der Waals surface area contributed by atoms with E-state index in [-0.39, 0.29) is 0 Å². The van der Waals surface area contributed by atoms with Crippen LogP contribution in [0.3, 0.4) is 0 Å². The third-order valence-electron chi connectivity index (χ3n) is 3.79. The molecule has 4 rings (SSSR count). The molecule has 0 bridgehead atoms. The van der Waals surface area contributed by atoms with Gasteiger partial charge in [0.15, 0.2) is 5.65 Å². The number of benzene rings is 2. The summed E-state index contributed by atoms with van der Waals surface area (Å²) < 4.78 is 1.80. The van der Waals surface area contributed by atoms with E-state index in [0.717, 1.165) is 28.0 Å². The van der Waals surface area contributed by atoms with Crippen molar-refractivity contribution in [2.75, 3.05) is 5.32 Å². The summed E-state index contributed by atoms with van der Waals surface area (Å²) in [6.45, 7) is 2.04. The molecule has 0 aliphatic heterocycles. The van der Waals surface area contributed by atoms with Gasteiger partial charge >= 0.3 is 0 Å². The minimum absolute atomic E-state index is 0.479. The van der Waals surface area contributed by atoms with Crippen molar-refractivity contribution in [1.82, 2.24) is 19.7 Å². The van der Waals surface area contributed by atoms with Crippen LogP contribution in [-0.2, 0) is 0 Å². The van der Waals surface area contributed by atoms with E-state index >= 15 is 0 Å². The van der Waals surface area contributed by atoms with Crippen LogP contribution in [0.5, 0.6) is 0 Å². The Kier molecular flexibility index (Phi) is 4.03. The van der Waals surface area contributed by atoms with Crippen LogP contribution in [0.1, 0.15) is 5.56 Å². The quantitative estimate of drug-likeness (QED) is 0.540. The number of hydrogen-bond acceptors (Lipinski definition) is 4. The van der Waals surface area contributed by atoms with Gasteiger partial charge in [-0.05, 0) is 42.8 Å². The molecule has 0 unspecified atom stereocenters. The topological polar surface area (TPSA) is 55.6 Å². The maximum absolute atomic E-state index is 6.08. The minimum atomic E-state index is 0.479. The molecule has 0 saturated carbocycles. The van der Waals surface area contributed by atoms with E-state index in [0.29, 0.717) is 15.9 Å². The number of halogens is 2. The van der Waals surface area contributed by atoms with Gasteiger partial charge in [-0.1, -0.05) is 35.3 Å². The van der Waals surface area contributed by atoms with E-state index in [9.17, 15) is 0 Å². The summed E-state index contributed by atoms with van der Waals surface area (Å²) >= 11 is 12.0. The van der Waals surface area contributed by atoms with Crippen molar-refractivity contribution in [2.24, 2.45) is 0 Å². The predicted octanol–water partition coefficient (Wildman–Crippen LogP) is 5.17. The monoisotopic (exact) mass is 369 g/mol. The average molecular weight is 370 g/mol. The normalized spacial score (nSPS) is 11.0. The number of rotatable bonds is 3. The number of nitrogens with one attached hydrogen (secondary N) is 1. The standard InChI is InChI=1S/C18H13Cl2N5/c1-11-3-2-4-13(7-11)25-18-14(9-23-25)17(21-10-22-18)24-12-5-6-15(19)16(20)8-12/h2-10H,1H3,(H,21,22,24). The molecule has 0 spiro atoms. The Bertz CT molecular complexity index is 1070. The summed E-state index contributed by atoms with van der Waals surface area (Å²) in [6, 6.07) is 13.4. The molecule has 0 aliphatic rings. The summed E-state index contributed by atoms with van der Waals surface area (Å²) in [5.74, 6) is 0.655. The van der Waals surface area contributed by atoms with Gasteiger partial charge in [0.25, 0.3) is 0 Å². The van der Waals surface area contributed by atoms with Gasteiger partial charge in [0.2, 0.25) is 0 Å². The predicted molar refractivity (Wildman–Crippen MR) is 101 cm³/mol. The molecule has 0 saturated heterocycles. The number of fused-ring (bicyclic) bond motifs is 1. The van der Waals surface area contributed by atoms with E-state index in [1.807, 2.05) is 31.2 Å². The van der Waals surface area contributed by atoms with Crippen LogP contribution in [0.2, 0.25) is 10.0 Å². The van der Waals surface area contributed by atoms with Crippen molar-refractivity contribution in [2.45, 2.75) is 6.92 Å². The highest BCUT2D eigenvalue weighted by molar-refractivity contribution is 6.42. The number of aryl methyl sites for hydroxylation is 1. The maximum atomic E-state index is 6.08. The fraction of sp³-hybridized carbons (Fsp3) is 0.0556. The van der Waals surface area contributed by atoms with E-state index in [1.54, 1.807) is 23.0 Å². The highest BCUT2D eigenvalue weighted by Gasteiger charge is 2.12. The zero-order valence-electron chi connectivity index (χ0n) is 13.2. The molecule has 5 nitrogen and oxygen atoms in total. The molecule has 0 atom stereocenters.